The average Bonchev–Trinajstić information content (AvgIpc) is 2.76. The van der Waals surface area contributed by atoms with Crippen LogP contribution in [0.5, 0.6) is 0 Å². The third kappa shape index (κ3) is 3.61. The first-order valence-electron chi connectivity index (χ1n) is 5.81. The van der Waals surface area contributed by atoms with Crippen LogP contribution in [0.1, 0.15) is 20.8 Å². The van der Waals surface area contributed by atoms with Crippen molar-refractivity contribution in [2.24, 2.45) is 0 Å². The maximum atomic E-state index is 13.2. The Hall–Kier alpha value is -1.44. The van der Waals surface area contributed by atoms with Crippen molar-refractivity contribution < 1.29 is 17.6 Å². The van der Waals surface area contributed by atoms with E-state index in [1.807, 2.05) is 0 Å². The van der Waals surface area contributed by atoms with Crippen LogP contribution in [-0.2, 0) is 9.05 Å². The van der Waals surface area contributed by atoms with E-state index in [9.17, 15) is 17.6 Å². The molecule has 2 aromatic rings. The summed E-state index contributed by atoms with van der Waals surface area (Å²) in [7, 11) is 1.39. The van der Waals surface area contributed by atoms with Crippen molar-refractivity contribution in [2.45, 2.75) is 18.1 Å². The summed E-state index contributed by atoms with van der Waals surface area (Å²) < 4.78 is 35.6. The first-order valence-corrected chi connectivity index (χ1v) is 8.93. The summed E-state index contributed by atoms with van der Waals surface area (Å²) in [5.74, 6) is -0.837. The summed E-state index contributed by atoms with van der Waals surface area (Å²) in [6.07, 6.45) is 0. The molecule has 0 aliphatic rings. The number of carbonyl (C=O) groups is 1. The van der Waals surface area contributed by atoms with Crippen molar-refractivity contribution in [3.63, 3.8) is 0 Å². The highest BCUT2D eigenvalue weighted by Gasteiger charge is 2.20. The van der Waals surface area contributed by atoms with Gasteiger partial charge in [0.2, 0.25) is 0 Å². The Morgan fingerprint density at radius 2 is 1.95 bits per heavy atom. The number of nitrogens with one attached hydrogen (secondary N) is 1. The minimum atomic E-state index is -3.86. The lowest BCUT2D eigenvalue weighted by molar-refractivity contribution is 0.102. The molecule has 8 heteroatoms. The van der Waals surface area contributed by atoms with Gasteiger partial charge in [-0.2, -0.15) is 0 Å². The monoisotopic (exact) mass is 347 g/mol. The quantitative estimate of drug-likeness (QED) is 0.861. The lowest BCUT2D eigenvalue weighted by Gasteiger charge is -2.06. The summed E-state index contributed by atoms with van der Waals surface area (Å²) in [6.45, 7) is 3.21. The fourth-order valence-electron chi connectivity index (χ4n) is 1.72. The molecule has 0 atom stereocenters. The lowest BCUT2D eigenvalue weighted by Crippen LogP contribution is -2.12. The number of anilines is 1. The Labute approximate surface area is 130 Å². The second-order valence-electron chi connectivity index (χ2n) is 4.39. The van der Waals surface area contributed by atoms with E-state index in [0.717, 1.165) is 11.3 Å². The molecule has 1 N–H and O–H groups in total. The van der Waals surface area contributed by atoms with Gasteiger partial charge in [-0.25, -0.2) is 12.8 Å². The van der Waals surface area contributed by atoms with E-state index in [1.54, 1.807) is 13.8 Å². The predicted octanol–water partition coefficient (Wildman–Crippen LogP) is 3.68. The number of thiophene rings is 1. The normalized spacial score (nSPS) is 11.4. The van der Waals surface area contributed by atoms with Gasteiger partial charge in [0.05, 0.1) is 5.56 Å². The fourth-order valence-corrected chi connectivity index (χ4v) is 3.91. The Bertz CT molecular complexity index is 815. The molecule has 1 amide bonds. The average molecular weight is 348 g/mol. The van der Waals surface area contributed by atoms with E-state index in [1.165, 1.54) is 24.3 Å². The van der Waals surface area contributed by atoms with Crippen LogP contribution in [0, 0.1) is 19.7 Å². The first kappa shape index (κ1) is 15.9. The number of halogens is 2. The number of carbonyl (C=O) groups excluding carboxylic acids is 1. The number of hydrogen-bond acceptors (Lipinski definition) is 4. The molecule has 0 saturated carbocycles. The van der Waals surface area contributed by atoms with Gasteiger partial charge in [-0.15, -0.1) is 11.3 Å². The van der Waals surface area contributed by atoms with Crippen LogP contribution < -0.4 is 5.32 Å². The molecule has 0 fully saturated rings. The topological polar surface area (TPSA) is 63.2 Å². The first-order chi connectivity index (χ1) is 9.68. The number of benzene rings is 1. The summed E-state index contributed by atoms with van der Waals surface area (Å²) in [5.41, 5.74) is 1.06. The molecule has 0 aliphatic carbocycles. The number of hydrogen-bond donors (Lipinski definition) is 1. The van der Waals surface area contributed by atoms with E-state index in [4.69, 9.17) is 10.7 Å². The van der Waals surface area contributed by atoms with Crippen molar-refractivity contribution in [1.82, 2.24) is 0 Å². The van der Waals surface area contributed by atoms with Crippen LogP contribution >= 0.6 is 22.0 Å². The van der Waals surface area contributed by atoms with Gasteiger partial charge in [-0.1, -0.05) is 0 Å². The van der Waals surface area contributed by atoms with Gasteiger partial charge >= 0.3 is 0 Å². The van der Waals surface area contributed by atoms with Crippen LogP contribution in [0.3, 0.4) is 0 Å². The molecule has 0 spiro atoms. The van der Waals surface area contributed by atoms with Crippen LogP contribution in [0.15, 0.2) is 28.5 Å². The summed E-state index contributed by atoms with van der Waals surface area (Å²) in [6, 6.07) is 5.41. The zero-order valence-corrected chi connectivity index (χ0v) is 13.5. The highest BCUT2D eigenvalue weighted by molar-refractivity contribution is 8.15. The van der Waals surface area contributed by atoms with Crippen molar-refractivity contribution in [1.29, 1.82) is 0 Å². The molecule has 0 unspecified atom stereocenters. The van der Waals surface area contributed by atoms with E-state index in [2.05, 4.69) is 5.32 Å². The second kappa shape index (κ2) is 5.75. The van der Waals surface area contributed by atoms with Gasteiger partial charge in [0, 0.05) is 21.2 Å². The Kier molecular flexibility index (Phi) is 4.36. The number of amides is 1. The van der Waals surface area contributed by atoms with Gasteiger partial charge in [0.1, 0.15) is 10.0 Å². The van der Waals surface area contributed by atoms with Crippen molar-refractivity contribution >= 4 is 42.7 Å². The molecule has 2 rings (SSSR count). The SMILES string of the molecule is Cc1cc(NC(=O)c2cc(S(=O)(=O)Cl)sc2C)ccc1F. The maximum absolute atomic E-state index is 13.2. The number of aryl methyl sites for hydroxylation is 2. The molecule has 0 saturated heterocycles. The van der Waals surface area contributed by atoms with Crippen molar-refractivity contribution in [3.8, 4) is 0 Å². The Morgan fingerprint density at radius 1 is 1.29 bits per heavy atom. The van der Waals surface area contributed by atoms with Gasteiger partial charge in [-0.3, -0.25) is 4.79 Å². The highest BCUT2D eigenvalue weighted by atomic mass is 35.7. The van der Waals surface area contributed by atoms with Crippen LogP contribution in [-0.4, -0.2) is 14.3 Å². The van der Waals surface area contributed by atoms with Gasteiger partial charge in [0.25, 0.3) is 15.0 Å². The Morgan fingerprint density at radius 3 is 2.48 bits per heavy atom. The minimum absolute atomic E-state index is 0.0814. The van der Waals surface area contributed by atoms with E-state index < -0.39 is 15.0 Å². The molecule has 4 nitrogen and oxygen atoms in total. The van der Waals surface area contributed by atoms with Crippen molar-refractivity contribution in [3.05, 3.63) is 46.1 Å². The van der Waals surface area contributed by atoms with Crippen LogP contribution in [0.25, 0.3) is 0 Å². The molecular weight excluding hydrogens is 337 g/mol. The zero-order valence-electron chi connectivity index (χ0n) is 11.1. The molecule has 112 valence electrons. The van der Waals surface area contributed by atoms with Gasteiger partial charge < -0.3 is 5.32 Å². The third-order valence-electron chi connectivity index (χ3n) is 2.80. The fraction of sp³-hybridized carbons (Fsp3) is 0.154. The molecule has 21 heavy (non-hydrogen) atoms. The molecule has 1 heterocycles. The minimum Gasteiger partial charge on any atom is -0.322 e. The molecule has 1 aromatic carbocycles. The summed E-state index contributed by atoms with van der Waals surface area (Å²) in [5, 5.41) is 2.60. The smallest absolute Gasteiger partial charge is 0.270 e. The third-order valence-corrected chi connectivity index (χ3v) is 5.92. The van der Waals surface area contributed by atoms with Crippen molar-refractivity contribution in [2.75, 3.05) is 5.32 Å². The van der Waals surface area contributed by atoms with E-state index in [-0.39, 0.29) is 15.6 Å². The summed E-state index contributed by atoms with van der Waals surface area (Å²) in [4.78, 5) is 12.7. The molecule has 1 aromatic heterocycles. The standard InChI is InChI=1S/C13H11ClFNO3S2/c1-7-5-9(3-4-11(7)15)16-13(17)10-6-12(20-8(10)2)21(14,18)19/h3-6H,1-2H3,(H,16,17). The van der Waals surface area contributed by atoms with E-state index in [0.29, 0.717) is 16.1 Å². The largest absolute Gasteiger partial charge is 0.322 e. The maximum Gasteiger partial charge on any atom is 0.270 e. The molecule has 0 aliphatic heterocycles. The van der Waals surface area contributed by atoms with E-state index >= 15 is 0 Å². The Balaban J connectivity index is 2.28. The number of rotatable bonds is 3. The predicted molar refractivity (Wildman–Crippen MR) is 81.2 cm³/mol. The zero-order chi connectivity index (χ0) is 15.8. The van der Waals surface area contributed by atoms with Gasteiger partial charge in [-0.05, 0) is 43.7 Å². The molecule has 0 bridgehead atoms. The summed E-state index contributed by atoms with van der Waals surface area (Å²) >= 11 is 0.925. The molecular formula is C13H11ClFNO3S2. The van der Waals surface area contributed by atoms with Crippen LogP contribution in [0.4, 0.5) is 10.1 Å². The molecule has 0 radical (unpaired) electrons. The van der Waals surface area contributed by atoms with Gasteiger partial charge in [0.15, 0.2) is 0 Å². The lowest BCUT2D eigenvalue weighted by atomic mass is 10.2. The van der Waals surface area contributed by atoms with Crippen LogP contribution in [0.2, 0.25) is 0 Å². The highest BCUT2D eigenvalue weighted by Crippen LogP contribution is 2.29. The second-order valence-corrected chi connectivity index (χ2v) is 8.44.